The van der Waals surface area contributed by atoms with Gasteiger partial charge in [0.2, 0.25) is 0 Å². The van der Waals surface area contributed by atoms with Gasteiger partial charge in [-0.05, 0) is 48.0 Å². The van der Waals surface area contributed by atoms with Crippen LogP contribution in [0.15, 0.2) is 48.8 Å². The molecule has 5 nitrogen and oxygen atoms in total. The van der Waals surface area contributed by atoms with Crippen molar-refractivity contribution in [3.05, 3.63) is 65.7 Å². The number of aromatic nitrogens is 3. The smallest absolute Gasteiger partial charge is 0.406 e. The molecule has 0 bridgehead atoms. The molecule has 0 spiro atoms. The Kier molecular flexibility index (Phi) is 5.23. The molecule has 3 aromatic rings. The number of anilines is 1. The van der Waals surface area contributed by atoms with Crippen LogP contribution >= 0.6 is 0 Å². The maximum Gasteiger partial charge on any atom is 0.573 e. The summed E-state index contributed by atoms with van der Waals surface area (Å²) in [7, 11) is 0. The number of ether oxygens (including phenoxy) is 1. The Morgan fingerprint density at radius 1 is 0.931 bits per heavy atom. The maximum atomic E-state index is 12.9. The van der Waals surface area contributed by atoms with E-state index >= 15 is 0 Å². The van der Waals surface area contributed by atoms with E-state index in [9.17, 15) is 26.3 Å². The van der Waals surface area contributed by atoms with Crippen molar-refractivity contribution in [3.8, 4) is 11.4 Å². The highest BCUT2D eigenvalue weighted by molar-refractivity contribution is 5.69. The van der Waals surface area contributed by atoms with Crippen LogP contribution in [0.1, 0.15) is 17.0 Å². The molecule has 0 fully saturated rings. The second-order valence-electron chi connectivity index (χ2n) is 5.77. The van der Waals surface area contributed by atoms with Gasteiger partial charge in [0.05, 0.1) is 11.3 Å². The lowest BCUT2D eigenvalue weighted by Crippen LogP contribution is -2.17. The minimum Gasteiger partial charge on any atom is -0.406 e. The van der Waals surface area contributed by atoms with Crippen molar-refractivity contribution < 1.29 is 31.1 Å². The molecule has 29 heavy (non-hydrogen) atoms. The molecular formula is C18H12F6N4O. The zero-order valence-corrected chi connectivity index (χ0v) is 14.4. The third kappa shape index (κ3) is 5.27. The molecule has 2 aromatic carbocycles. The van der Waals surface area contributed by atoms with E-state index in [1.807, 2.05) is 0 Å². The number of benzene rings is 2. The number of rotatable bonds is 4. The SMILES string of the molecule is Nc1ccc(/C=C/c2ncn(-c3ccc(OC(F)(F)F)cc3)n2)cc1C(F)(F)F. The lowest BCUT2D eigenvalue weighted by molar-refractivity contribution is -0.274. The predicted octanol–water partition coefficient (Wildman–Crippen LogP) is 4.94. The number of nitrogens with zero attached hydrogens (tertiary/aromatic N) is 3. The van der Waals surface area contributed by atoms with Crippen molar-refractivity contribution in [2.24, 2.45) is 0 Å². The summed E-state index contributed by atoms with van der Waals surface area (Å²) in [6, 6.07) is 8.40. The summed E-state index contributed by atoms with van der Waals surface area (Å²) >= 11 is 0. The highest BCUT2D eigenvalue weighted by atomic mass is 19.4. The van der Waals surface area contributed by atoms with Gasteiger partial charge in [0, 0.05) is 5.69 Å². The zero-order chi connectivity index (χ0) is 21.2. The van der Waals surface area contributed by atoms with E-state index in [2.05, 4.69) is 14.8 Å². The first-order valence-electron chi connectivity index (χ1n) is 7.94. The fourth-order valence-electron chi connectivity index (χ4n) is 2.37. The van der Waals surface area contributed by atoms with Crippen molar-refractivity contribution >= 4 is 17.8 Å². The van der Waals surface area contributed by atoms with Crippen molar-refractivity contribution in [2.45, 2.75) is 12.5 Å². The van der Waals surface area contributed by atoms with Crippen LogP contribution in [0.25, 0.3) is 17.8 Å². The number of nitrogens with two attached hydrogens (primary N) is 1. The second kappa shape index (κ2) is 7.49. The van der Waals surface area contributed by atoms with Gasteiger partial charge in [0.15, 0.2) is 5.82 Å². The van der Waals surface area contributed by atoms with Gasteiger partial charge in [-0.2, -0.15) is 13.2 Å². The summed E-state index contributed by atoms with van der Waals surface area (Å²) < 4.78 is 80.3. The molecule has 0 radical (unpaired) electrons. The van der Waals surface area contributed by atoms with Gasteiger partial charge in [-0.15, -0.1) is 18.3 Å². The summed E-state index contributed by atoms with van der Waals surface area (Å²) in [4.78, 5) is 3.99. The van der Waals surface area contributed by atoms with Gasteiger partial charge in [0.25, 0.3) is 0 Å². The molecule has 2 N–H and O–H groups in total. The van der Waals surface area contributed by atoms with Crippen LogP contribution in [-0.2, 0) is 6.18 Å². The van der Waals surface area contributed by atoms with Gasteiger partial charge in [-0.1, -0.05) is 12.1 Å². The fraction of sp³-hybridized carbons (Fsp3) is 0.111. The van der Waals surface area contributed by atoms with Crippen molar-refractivity contribution in [1.29, 1.82) is 0 Å². The van der Waals surface area contributed by atoms with Gasteiger partial charge in [-0.25, -0.2) is 9.67 Å². The molecule has 0 atom stereocenters. The summed E-state index contributed by atoms with van der Waals surface area (Å²) in [6.07, 6.45) is -5.28. The molecule has 11 heteroatoms. The molecule has 3 rings (SSSR count). The predicted molar refractivity (Wildman–Crippen MR) is 92.8 cm³/mol. The Morgan fingerprint density at radius 3 is 2.24 bits per heavy atom. The van der Waals surface area contributed by atoms with Gasteiger partial charge in [0.1, 0.15) is 12.1 Å². The number of hydrogen-bond donors (Lipinski definition) is 1. The Labute approximate surface area is 160 Å². The molecular weight excluding hydrogens is 402 g/mol. The molecule has 152 valence electrons. The van der Waals surface area contributed by atoms with Crippen molar-refractivity contribution in [3.63, 3.8) is 0 Å². The molecule has 0 amide bonds. The van der Waals surface area contributed by atoms with Crippen LogP contribution < -0.4 is 10.5 Å². The standard InChI is InChI=1S/C18H12F6N4O/c19-17(20,21)14-9-11(1-7-15(14)25)2-8-16-26-10-28(27-16)12-3-5-13(6-4-12)29-18(22,23)24/h1-10H,25H2/b8-2+. The van der Waals surface area contributed by atoms with E-state index in [1.54, 1.807) is 0 Å². The Balaban J connectivity index is 1.75. The zero-order valence-electron chi connectivity index (χ0n) is 14.4. The number of alkyl halides is 6. The van der Waals surface area contributed by atoms with Gasteiger partial charge < -0.3 is 10.5 Å². The van der Waals surface area contributed by atoms with E-state index in [0.717, 1.165) is 24.3 Å². The molecule has 0 aliphatic heterocycles. The second-order valence-corrected chi connectivity index (χ2v) is 5.77. The molecule has 0 aliphatic rings. The highest BCUT2D eigenvalue weighted by Crippen LogP contribution is 2.34. The Bertz CT molecular complexity index is 1020. The third-order valence-corrected chi connectivity index (χ3v) is 3.65. The number of hydrogen-bond acceptors (Lipinski definition) is 4. The first-order chi connectivity index (χ1) is 13.5. The Hall–Kier alpha value is -3.50. The van der Waals surface area contributed by atoms with Crippen LogP contribution in [0.4, 0.5) is 32.0 Å². The van der Waals surface area contributed by atoms with E-state index in [0.29, 0.717) is 5.69 Å². The van der Waals surface area contributed by atoms with Gasteiger partial charge in [-0.3, -0.25) is 0 Å². The van der Waals surface area contributed by atoms with Crippen LogP contribution in [0.5, 0.6) is 5.75 Å². The van der Waals surface area contributed by atoms with E-state index in [4.69, 9.17) is 5.73 Å². The topological polar surface area (TPSA) is 66.0 Å². The van der Waals surface area contributed by atoms with Crippen molar-refractivity contribution in [1.82, 2.24) is 14.8 Å². The first kappa shape index (κ1) is 20.2. The van der Waals surface area contributed by atoms with Crippen LogP contribution in [-0.4, -0.2) is 21.1 Å². The summed E-state index contributed by atoms with van der Waals surface area (Å²) in [5, 5.41) is 4.10. The molecule has 0 saturated heterocycles. The fourth-order valence-corrected chi connectivity index (χ4v) is 2.37. The van der Waals surface area contributed by atoms with E-state index in [-0.39, 0.29) is 22.8 Å². The largest absolute Gasteiger partial charge is 0.573 e. The quantitative estimate of drug-likeness (QED) is 0.485. The van der Waals surface area contributed by atoms with Gasteiger partial charge >= 0.3 is 12.5 Å². The normalized spacial score (nSPS) is 12.5. The Morgan fingerprint density at radius 2 is 1.62 bits per heavy atom. The molecule has 0 aliphatic carbocycles. The monoisotopic (exact) mass is 414 g/mol. The van der Waals surface area contributed by atoms with E-state index in [1.165, 1.54) is 41.4 Å². The average molecular weight is 414 g/mol. The van der Waals surface area contributed by atoms with Crippen LogP contribution in [0.2, 0.25) is 0 Å². The average Bonchev–Trinajstić information content (AvgIpc) is 3.08. The highest BCUT2D eigenvalue weighted by Gasteiger charge is 2.33. The minimum absolute atomic E-state index is 0.186. The van der Waals surface area contributed by atoms with Crippen LogP contribution in [0, 0.1) is 0 Å². The molecule has 1 aromatic heterocycles. The molecule has 0 unspecified atom stereocenters. The lowest BCUT2D eigenvalue weighted by Gasteiger charge is -2.10. The molecule has 0 saturated carbocycles. The number of halogens is 6. The summed E-state index contributed by atoms with van der Waals surface area (Å²) in [5.74, 6) is -0.198. The summed E-state index contributed by atoms with van der Waals surface area (Å²) in [6.45, 7) is 0. The van der Waals surface area contributed by atoms with E-state index < -0.39 is 18.1 Å². The lowest BCUT2D eigenvalue weighted by atomic mass is 10.1. The maximum absolute atomic E-state index is 12.9. The minimum atomic E-state index is -4.79. The summed E-state index contributed by atoms with van der Waals surface area (Å²) in [5.41, 5.74) is 4.69. The van der Waals surface area contributed by atoms with Crippen molar-refractivity contribution in [2.75, 3.05) is 5.73 Å². The van der Waals surface area contributed by atoms with Crippen LogP contribution in [0.3, 0.4) is 0 Å². The third-order valence-electron chi connectivity index (χ3n) is 3.65. The molecule has 1 heterocycles. The number of nitrogen functional groups attached to an aromatic ring is 1. The first-order valence-corrected chi connectivity index (χ1v) is 7.94.